The van der Waals surface area contributed by atoms with Crippen molar-refractivity contribution < 1.29 is 19.0 Å². The monoisotopic (exact) mass is 305 g/mol. The van der Waals surface area contributed by atoms with Gasteiger partial charge in [0.2, 0.25) is 6.41 Å². The highest BCUT2D eigenvalue weighted by molar-refractivity contribution is 5.45. The van der Waals surface area contributed by atoms with E-state index in [1.807, 2.05) is 0 Å². The third-order valence-electron chi connectivity index (χ3n) is 2.49. The molecule has 0 aliphatic rings. The van der Waals surface area contributed by atoms with Crippen molar-refractivity contribution in [3.63, 3.8) is 0 Å². The van der Waals surface area contributed by atoms with Crippen molar-refractivity contribution >= 4 is 6.41 Å². The van der Waals surface area contributed by atoms with E-state index in [1.165, 1.54) is 0 Å². The molecule has 7 nitrogen and oxygen atoms in total. The number of ether oxygens (including phenoxy) is 3. The van der Waals surface area contributed by atoms with Crippen LogP contribution in [-0.4, -0.2) is 78.3 Å². The van der Waals surface area contributed by atoms with Crippen molar-refractivity contribution in [2.24, 2.45) is 0 Å². The summed E-state index contributed by atoms with van der Waals surface area (Å²) < 4.78 is 16.1. The van der Waals surface area contributed by atoms with Gasteiger partial charge in [0, 0.05) is 32.2 Å². The number of nitrogens with one attached hydrogen (secondary N) is 3. The van der Waals surface area contributed by atoms with Crippen LogP contribution in [0.5, 0.6) is 0 Å². The lowest BCUT2D eigenvalue weighted by Crippen LogP contribution is -2.27. The molecule has 0 aliphatic carbocycles. The van der Waals surface area contributed by atoms with Gasteiger partial charge in [-0.25, -0.2) is 0 Å². The van der Waals surface area contributed by atoms with Gasteiger partial charge in [-0.3, -0.25) is 4.79 Å². The summed E-state index contributed by atoms with van der Waals surface area (Å²) in [5.74, 6) is 0. The molecule has 0 aromatic heterocycles. The number of rotatable bonds is 17. The summed E-state index contributed by atoms with van der Waals surface area (Å²) in [4.78, 5) is 9.96. The summed E-state index contributed by atoms with van der Waals surface area (Å²) in [5, 5.41) is 9.03. The van der Waals surface area contributed by atoms with Crippen LogP contribution >= 0.6 is 0 Å². The smallest absolute Gasteiger partial charge is 0.207 e. The van der Waals surface area contributed by atoms with Crippen LogP contribution in [0.2, 0.25) is 0 Å². The number of hydrogen-bond acceptors (Lipinski definition) is 6. The Balaban J connectivity index is 2.95. The summed E-state index contributed by atoms with van der Waals surface area (Å²) in [5.41, 5.74) is 0. The highest BCUT2D eigenvalue weighted by Gasteiger charge is 1.93. The van der Waals surface area contributed by atoms with E-state index in [9.17, 15) is 4.79 Å². The molecular formula is C14H31N3O4. The average molecular weight is 305 g/mol. The molecule has 0 saturated heterocycles. The minimum atomic E-state index is 0.501. The van der Waals surface area contributed by atoms with Gasteiger partial charge in [-0.15, -0.1) is 0 Å². The predicted molar refractivity (Wildman–Crippen MR) is 82.5 cm³/mol. The molecule has 21 heavy (non-hydrogen) atoms. The topological polar surface area (TPSA) is 80.8 Å². The second-order valence-electron chi connectivity index (χ2n) is 4.77. The third-order valence-corrected chi connectivity index (χ3v) is 2.49. The van der Waals surface area contributed by atoms with Crippen molar-refractivity contribution in [3.05, 3.63) is 0 Å². The van der Waals surface area contributed by atoms with Crippen LogP contribution in [0.3, 0.4) is 0 Å². The maximum Gasteiger partial charge on any atom is 0.207 e. The number of carbonyl (C=O) groups excluding carboxylic acids is 1. The molecule has 0 aromatic carbocycles. The van der Waals surface area contributed by atoms with E-state index in [0.29, 0.717) is 52.0 Å². The zero-order valence-electron chi connectivity index (χ0n) is 13.4. The molecule has 3 N–H and O–H groups in total. The number of amides is 1. The van der Waals surface area contributed by atoms with Crippen molar-refractivity contribution in [1.82, 2.24) is 16.0 Å². The molecule has 0 unspecified atom stereocenters. The predicted octanol–water partition coefficient (Wildman–Crippen LogP) is -0.630. The molecule has 0 saturated carbocycles. The lowest BCUT2D eigenvalue weighted by Gasteiger charge is -2.09. The Morgan fingerprint density at radius 3 is 1.90 bits per heavy atom. The zero-order chi connectivity index (χ0) is 15.6. The molecule has 1 amide bonds. The minimum absolute atomic E-state index is 0.501. The van der Waals surface area contributed by atoms with Gasteiger partial charge in [-0.05, 0) is 0 Å². The first-order valence-electron chi connectivity index (χ1n) is 7.61. The molecule has 0 bridgehead atoms. The Morgan fingerprint density at radius 2 is 1.33 bits per heavy atom. The van der Waals surface area contributed by atoms with Crippen LogP contribution in [0.4, 0.5) is 0 Å². The number of carbonyl (C=O) groups is 1. The second-order valence-corrected chi connectivity index (χ2v) is 4.77. The Bertz CT molecular complexity index is 218. The molecule has 0 rings (SSSR count). The van der Waals surface area contributed by atoms with Crippen molar-refractivity contribution in [2.75, 3.05) is 65.8 Å². The fourth-order valence-electron chi connectivity index (χ4n) is 1.45. The first kappa shape index (κ1) is 20.3. The lowest BCUT2D eigenvalue weighted by atomic mass is 10.4. The summed E-state index contributed by atoms with van der Waals surface area (Å²) in [7, 11) is 0. The molecule has 7 heteroatoms. The van der Waals surface area contributed by atoms with Gasteiger partial charge in [0.1, 0.15) is 0 Å². The molecule has 126 valence electrons. The zero-order valence-corrected chi connectivity index (χ0v) is 13.4. The van der Waals surface area contributed by atoms with Gasteiger partial charge < -0.3 is 30.2 Å². The molecule has 0 heterocycles. The Labute approximate surface area is 128 Å². The van der Waals surface area contributed by atoms with Crippen LogP contribution in [0, 0.1) is 0 Å². The molecule has 0 fully saturated rings. The average Bonchev–Trinajstić information content (AvgIpc) is 2.46. The van der Waals surface area contributed by atoms with Crippen LogP contribution in [0.15, 0.2) is 0 Å². The summed E-state index contributed by atoms with van der Waals surface area (Å²) in [6.07, 6.45) is 0.670. The lowest BCUT2D eigenvalue weighted by molar-refractivity contribution is -0.109. The SMILES string of the molecule is CC(C)NCCOCCOCCNCCOCCNC=O. The standard InChI is InChI=1S/C14H31N3O4/c1-14(2)17-6-10-21-12-11-20-8-4-15-3-7-19-9-5-16-13-18/h13-15,17H,3-12H2,1-2H3,(H,16,18). The van der Waals surface area contributed by atoms with Gasteiger partial charge in [0.15, 0.2) is 0 Å². The first-order chi connectivity index (χ1) is 10.3. The van der Waals surface area contributed by atoms with Crippen molar-refractivity contribution in [2.45, 2.75) is 19.9 Å². The maximum absolute atomic E-state index is 9.96. The van der Waals surface area contributed by atoms with Crippen LogP contribution in [0.25, 0.3) is 0 Å². The quantitative estimate of drug-likeness (QED) is 0.245. The molecular weight excluding hydrogens is 274 g/mol. The minimum Gasteiger partial charge on any atom is -0.378 e. The summed E-state index contributed by atoms with van der Waals surface area (Å²) in [6.45, 7) is 11.0. The van der Waals surface area contributed by atoms with E-state index in [1.54, 1.807) is 0 Å². The fraction of sp³-hybridized carbons (Fsp3) is 0.929. The Hall–Kier alpha value is -0.730. The largest absolute Gasteiger partial charge is 0.378 e. The van der Waals surface area contributed by atoms with Crippen molar-refractivity contribution in [3.8, 4) is 0 Å². The van der Waals surface area contributed by atoms with E-state index in [-0.39, 0.29) is 0 Å². The second kappa shape index (κ2) is 17.3. The van der Waals surface area contributed by atoms with E-state index >= 15 is 0 Å². The van der Waals surface area contributed by atoms with Gasteiger partial charge in [0.25, 0.3) is 0 Å². The molecule has 0 aromatic rings. The van der Waals surface area contributed by atoms with E-state index in [0.717, 1.165) is 26.2 Å². The molecule has 0 radical (unpaired) electrons. The summed E-state index contributed by atoms with van der Waals surface area (Å²) in [6, 6.07) is 0.501. The van der Waals surface area contributed by atoms with Gasteiger partial charge >= 0.3 is 0 Å². The van der Waals surface area contributed by atoms with E-state index in [4.69, 9.17) is 14.2 Å². The molecule has 0 aliphatic heterocycles. The third kappa shape index (κ3) is 19.3. The first-order valence-corrected chi connectivity index (χ1v) is 7.61. The Morgan fingerprint density at radius 1 is 0.810 bits per heavy atom. The van der Waals surface area contributed by atoms with Crippen LogP contribution in [-0.2, 0) is 19.0 Å². The van der Waals surface area contributed by atoms with E-state index < -0.39 is 0 Å². The summed E-state index contributed by atoms with van der Waals surface area (Å²) >= 11 is 0. The maximum atomic E-state index is 9.96. The fourth-order valence-corrected chi connectivity index (χ4v) is 1.45. The normalized spacial score (nSPS) is 11.0. The highest BCUT2D eigenvalue weighted by atomic mass is 16.5. The highest BCUT2D eigenvalue weighted by Crippen LogP contribution is 1.80. The number of hydrogen-bond donors (Lipinski definition) is 3. The Kier molecular flexibility index (Phi) is 16.7. The van der Waals surface area contributed by atoms with Gasteiger partial charge in [-0.1, -0.05) is 13.8 Å². The van der Waals surface area contributed by atoms with Crippen LogP contribution < -0.4 is 16.0 Å². The molecule has 0 atom stereocenters. The van der Waals surface area contributed by atoms with E-state index in [2.05, 4.69) is 29.8 Å². The van der Waals surface area contributed by atoms with Crippen molar-refractivity contribution in [1.29, 1.82) is 0 Å². The van der Waals surface area contributed by atoms with Crippen LogP contribution in [0.1, 0.15) is 13.8 Å². The van der Waals surface area contributed by atoms with Gasteiger partial charge in [-0.2, -0.15) is 0 Å². The van der Waals surface area contributed by atoms with Gasteiger partial charge in [0.05, 0.1) is 39.6 Å². The molecule has 0 spiro atoms.